The van der Waals surface area contributed by atoms with Gasteiger partial charge in [-0.15, -0.1) is 0 Å². The van der Waals surface area contributed by atoms with E-state index in [1.54, 1.807) is 0 Å². The molecule has 0 saturated carbocycles. The van der Waals surface area contributed by atoms with Gasteiger partial charge in [0.1, 0.15) is 0 Å². The molecule has 0 fully saturated rings. The Morgan fingerprint density at radius 2 is 1.10 bits per heavy atom. The molecule has 0 amide bonds. The number of anilines is 1. The highest BCUT2D eigenvalue weighted by atomic mass is 15.2. The van der Waals surface area contributed by atoms with Crippen molar-refractivity contribution in [3.8, 4) is 39.3 Å². The molecule has 2 aromatic heterocycles. The number of hydrogen-bond donors (Lipinski definition) is 0. The Balaban J connectivity index is 1.24. The van der Waals surface area contributed by atoms with E-state index in [0.717, 1.165) is 11.4 Å². The van der Waals surface area contributed by atoms with E-state index in [-0.39, 0.29) is 23.9 Å². The van der Waals surface area contributed by atoms with Crippen LogP contribution in [0.5, 0.6) is 0 Å². The van der Waals surface area contributed by atoms with E-state index in [4.69, 9.17) is 4.98 Å². The Bertz CT molecular complexity index is 2350. The fourth-order valence-electron chi connectivity index (χ4n) is 8.73. The maximum Gasteiger partial charge on any atom is 0.0926 e. The molecule has 5 aromatic carbocycles. The highest BCUT2D eigenvalue weighted by molar-refractivity contribution is 5.80. The van der Waals surface area contributed by atoms with E-state index >= 15 is 0 Å². The van der Waals surface area contributed by atoms with Crippen LogP contribution in [0.2, 0.25) is 0 Å². The van der Waals surface area contributed by atoms with Gasteiger partial charge in [-0.05, 0) is 81.4 Å². The second kappa shape index (κ2) is 11.7. The van der Waals surface area contributed by atoms with Crippen LogP contribution in [-0.2, 0) is 0 Å². The normalized spacial score (nSPS) is 19.8. The summed E-state index contributed by atoms with van der Waals surface area (Å²) in [5.74, 6) is 0.321. The van der Waals surface area contributed by atoms with Crippen molar-refractivity contribution in [3.63, 3.8) is 0 Å². The van der Waals surface area contributed by atoms with E-state index in [2.05, 4.69) is 192 Å². The van der Waals surface area contributed by atoms with Gasteiger partial charge >= 0.3 is 0 Å². The molecule has 0 N–H and O–H groups in total. The van der Waals surface area contributed by atoms with Gasteiger partial charge < -0.3 is 9.47 Å². The highest BCUT2D eigenvalue weighted by Gasteiger charge is 2.47. The molecule has 0 bridgehead atoms. The summed E-state index contributed by atoms with van der Waals surface area (Å²) in [4.78, 5) is 7.89. The van der Waals surface area contributed by atoms with Crippen molar-refractivity contribution in [1.82, 2.24) is 9.55 Å². The van der Waals surface area contributed by atoms with Gasteiger partial charge in [0.2, 0.25) is 0 Å². The summed E-state index contributed by atoms with van der Waals surface area (Å²) in [6.45, 7) is 0. The van der Waals surface area contributed by atoms with Gasteiger partial charge in [-0.1, -0.05) is 133 Å². The first-order valence-electron chi connectivity index (χ1n) is 17.5. The molecule has 0 saturated heterocycles. The van der Waals surface area contributed by atoms with Crippen molar-refractivity contribution in [2.75, 3.05) is 4.90 Å². The number of nitrogens with zero attached hydrogens (tertiary/aromatic N) is 3. The van der Waals surface area contributed by atoms with Crippen molar-refractivity contribution >= 4 is 5.69 Å². The zero-order valence-corrected chi connectivity index (χ0v) is 27.5. The number of allylic oxidation sites excluding steroid dienone is 2. The number of aromatic nitrogens is 2. The lowest BCUT2D eigenvalue weighted by Gasteiger charge is -2.45. The van der Waals surface area contributed by atoms with Crippen LogP contribution in [0.3, 0.4) is 0 Å². The van der Waals surface area contributed by atoms with Crippen LogP contribution in [0.25, 0.3) is 39.3 Å². The molecular formula is C47H35N3. The summed E-state index contributed by atoms with van der Waals surface area (Å²) in [6.07, 6.45) is 13.5. The number of para-hydroxylation sites is 1. The van der Waals surface area contributed by atoms with E-state index in [1.165, 1.54) is 55.9 Å². The minimum absolute atomic E-state index is 0.0484. The third kappa shape index (κ3) is 4.54. The smallest absolute Gasteiger partial charge is 0.0926 e. The zero-order valence-electron chi connectivity index (χ0n) is 27.5. The molecule has 50 heavy (non-hydrogen) atoms. The molecule has 3 nitrogen and oxygen atoms in total. The number of benzene rings is 5. The third-order valence-corrected chi connectivity index (χ3v) is 10.8. The van der Waals surface area contributed by atoms with Crippen LogP contribution in [0.4, 0.5) is 5.69 Å². The fraction of sp³-hybridized carbons (Fsp3) is 0.0851. The van der Waals surface area contributed by atoms with Gasteiger partial charge in [-0.3, -0.25) is 4.98 Å². The van der Waals surface area contributed by atoms with Gasteiger partial charge in [0.05, 0.1) is 23.5 Å². The molecule has 238 valence electrons. The van der Waals surface area contributed by atoms with Crippen LogP contribution in [0.1, 0.15) is 40.1 Å². The molecule has 3 aliphatic rings. The van der Waals surface area contributed by atoms with Gasteiger partial charge in [0.25, 0.3) is 0 Å². The summed E-state index contributed by atoms with van der Waals surface area (Å²) >= 11 is 0. The van der Waals surface area contributed by atoms with Crippen LogP contribution in [-0.4, -0.2) is 15.6 Å². The fourth-order valence-corrected chi connectivity index (χ4v) is 8.73. The summed E-state index contributed by atoms with van der Waals surface area (Å²) in [7, 11) is 0. The second-order valence-electron chi connectivity index (χ2n) is 13.5. The number of hydrogen-bond acceptors (Lipinski definition) is 2. The van der Waals surface area contributed by atoms with Crippen LogP contribution >= 0.6 is 0 Å². The Hall–Kier alpha value is -6.19. The summed E-state index contributed by atoms with van der Waals surface area (Å²) in [5, 5.41) is 0. The summed E-state index contributed by atoms with van der Waals surface area (Å²) < 4.78 is 2.39. The average molecular weight is 642 g/mol. The lowest BCUT2D eigenvalue weighted by molar-refractivity contribution is 0.518. The lowest BCUT2D eigenvalue weighted by Crippen LogP contribution is -2.42. The molecule has 1 aliphatic heterocycles. The van der Waals surface area contributed by atoms with Crippen molar-refractivity contribution < 1.29 is 0 Å². The monoisotopic (exact) mass is 641 g/mol. The van der Waals surface area contributed by atoms with Crippen molar-refractivity contribution in [1.29, 1.82) is 0 Å². The van der Waals surface area contributed by atoms with Crippen molar-refractivity contribution in [2.45, 2.75) is 23.9 Å². The molecule has 10 rings (SSSR count). The first-order chi connectivity index (χ1) is 24.8. The van der Waals surface area contributed by atoms with E-state index in [1.807, 2.05) is 6.20 Å². The number of fused-ring (bicyclic) bond motifs is 10. The second-order valence-corrected chi connectivity index (χ2v) is 13.5. The molecule has 2 aliphatic carbocycles. The van der Waals surface area contributed by atoms with Gasteiger partial charge in [0, 0.05) is 41.2 Å². The van der Waals surface area contributed by atoms with Gasteiger partial charge in [-0.2, -0.15) is 0 Å². The lowest BCUT2D eigenvalue weighted by atomic mass is 9.74. The molecule has 0 spiro atoms. The van der Waals surface area contributed by atoms with E-state index in [0.29, 0.717) is 0 Å². The van der Waals surface area contributed by atoms with Gasteiger partial charge in [-0.25, -0.2) is 0 Å². The Morgan fingerprint density at radius 3 is 1.82 bits per heavy atom. The number of rotatable bonds is 4. The third-order valence-electron chi connectivity index (χ3n) is 10.8. The Morgan fingerprint density at radius 1 is 0.480 bits per heavy atom. The zero-order chi connectivity index (χ0) is 33.0. The predicted octanol–water partition coefficient (Wildman–Crippen LogP) is 11.2. The van der Waals surface area contributed by atoms with Crippen LogP contribution in [0, 0.1) is 0 Å². The maximum absolute atomic E-state index is 5.21. The summed E-state index contributed by atoms with van der Waals surface area (Å²) in [5.41, 5.74) is 14.7. The molecule has 3 heteroatoms. The van der Waals surface area contributed by atoms with E-state index in [9.17, 15) is 0 Å². The average Bonchev–Trinajstić information content (AvgIpc) is 3.59. The van der Waals surface area contributed by atoms with Crippen molar-refractivity contribution in [2.24, 2.45) is 0 Å². The largest absolute Gasteiger partial charge is 0.356 e. The molecule has 7 aromatic rings. The van der Waals surface area contributed by atoms with Crippen molar-refractivity contribution in [3.05, 3.63) is 211 Å². The molecule has 0 radical (unpaired) electrons. The minimum atomic E-state index is 0.0484. The highest BCUT2D eigenvalue weighted by Crippen LogP contribution is 2.57. The molecule has 3 heterocycles. The quantitative estimate of drug-likeness (QED) is 0.191. The Kier molecular flexibility index (Phi) is 6.76. The minimum Gasteiger partial charge on any atom is -0.356 e. The predicted molar refractivity (Wildman–Crippen MR) is 205 cm³/mol. The van der Waals surface area contributed by atoms with Crippen LogP contribution in [0.15, 0.2) is 188 Å². The van der Waals surface area contributed by atoms with Crippen LogP contribution < -0.4 is 4.90 Å². The first kappa shape index (κ1) is 28.8. The standard InChI is InChI=1S/C47H35N3/c1-4-15-32(16-5-1)34-29-35(33-17-6-2-7-18-33)31-37(30-34)49-28-26-41-44-40-23-11-10-21-38(40)39-22-12-13-25-43(39)50(36-19-8-3-9-20-36)46(44)42-24-14-27-48-45(42)47(41)49/h1-31,39,43-44,46H. The topological polar surface area (TPSA) is 21.1 Å². The SMILES string of the molecule is C1=CC2c3ccccc3C3c4ccn(-c5cc(-c6ccccc6)cc(-c6ccccc6)c5)c4-c4ncccc4C3N(c3ccccc3)C2C=C1. The summed E-state index contributed by atoms with van der Waals surface area (Å²) in [6, 6.07) is 55.5. The Labute approximate surface area is 293 Å². The van der Waals surface area contributed by atoms with Gasteiger partial charge in [0.15, 0.2) is 0 Å². The molecular weight excluding hydrogens is 607 g/mol. The first-order valence-corrected chi connectivity index (χ1v) is 17.5. The molecule has 4 unspecified atom stereocenters. The molecule has 4 atom stereocenters. The maximum atomic E-state index is 5.21. The van der Waals surface area contributed by atoms with E-state index < -0.39 is 0 Å². The number of pyridine rings is 1.